The number of nitrogens with zero attached hydrogens (tertiary/aromatic N) is 1. The highest BCUT2D eigenvalue weighted by atomic mass is 16.6. The Kier molecular flexibility index (Phi) is 4.98. The molecule has 1 aromatic carbocycles. The van der Waals surface area contributed by atoms with Crippen LogP contribution in [0.4, 0.5) is 5.69 Å². The van der Waals surface area contributed by atoms with E-state index in [9.17, 15) is 19.7 Å². The van der Waals surface area contributed by atoms with E-state index in [0.29, 0.717) is 18.4 Å². The molecular weight excluding hydrogens is 238 g/mol. The standard InChI is InChI=1S/C12H13NO5/c14-11(3-1-2-4-12(15)16)9-5-7-10(8-6-9)13(17)18/h5-8H,1-4H2,(H,15,16). The third-order valence-corrected chi connectivity index (χ3v) is 2.44. The van der Waals surface area contributed by atoms with Crippen molar-refractivity contribution in [3.8, 4) is 0 Å². The lowest BCUT2D eigenvalue weighted by atomic mass is 10.0. The molecule has 0 amide bonds. The molecule has 0 aliphatic rings. The Morgan fingerprint density at radius 3 is 2.17 bits per heavy atom. The van der Waals surface area contributed by atoms with E-state index < -0.39 is 10.9 Å². The van der Waals surface area contributed by atoms with Crippen LogP contribution in [0.5, 0.6) is 0 Å². The number of rotatable bonds is 7. The summed E-state index contributed by atoms with van der Waals surface area (Å²) < 4.78 is 0. The lowest BCUT2D eigenvalue weighted by Gasteiger charge is -2.00. The van der Waals surface area contributed by atoms with E-state index in [4.69, 9.17) is 5.11 Å². The highest BCUT2D eigenvalue weighted by molar-refractivity contribution is 5.96. The van der Waals surface area contributed by atoms with Crippen LogP contribution in [0.15, 0.2) is 24.3 Å². The van der Waals surface area contributed by atoms with E-state index >= 15 is 0 Å². The van der Waals surface area contributed by atoms with Crippen LogP contribution in [0, 0.1) is 10.1 Å². The molecule has 18 heavy (non-hydrogen) atoms. The number of non-ortho nitro benzene ring substituents is 1. The van der Waals surface area contributed by atoms with E-state index in [0.717, 1.165) is 0 Å². The van der Waals surface area contributed by atoms with Gasteiger partial charge in [-0.2, -0.15) is 0 Å². The number of carboxylic acid groups (broad SMARTS) is 1. The lowest BCUT2D eigenvalue weighted by Crippen LogP contribution is -2.00. The maximum atomic E-state index is 11.7. The number of benzene rings is 1. The van der Waals surface area contributed by atoms with Crippen LogP contribution in [-0.4, -0.2) is 21.8 Å². The molecule has 0 saturated heterocycles. The minimum atomic E-state index is -0.877. The molecule has 0 bridgehead atoms. The zero-order chi connectivity index (χ0) is 13.5. The van der Waals surface area contributed by atoms with Crippen molar-refractivity contribution < 1.29 is 19.6 Å². The van der Waals surface area contributed by atoms with Gasteiger partial charge in [0.15, 0.2) is 5.78 Å². The minimum Gasteiger partial charge on any atom is -0.481 e. The Bertz CT molecular complexity index is 452. The van der Waals surface area contributed by atoms with Crippen molar-refractivity contribution >= 4 is 17.4 Å². The first kappa shape index (κ1) is 13.8. The van der Waals surface area contributed by atoms with Gasteiger partial charge in [-0.25, -0.2) is 0 Å². The van der Waals surface area contributed by atoms with E-state index in [-0.39, 0.29) is 24.3 Å². The molecule has 0 aromatic heterocycles. The average molecular weight is 251 g/mol. The molecule has 0 radical (unpaired) electrons. The van der Waals surface area contributed by atoms with Gasteiger partial charge in [0.2, 0.25) is 0 Å². The molecule has 96 valence electrons. The summed E-state index contributed by atoms with van der Waals surface area (Å²) in [5, 5.41) is 18.9. The Morgan fingerprint density at radius 1 is 1.11 bits per heavy atom. The summed E-state index contributed by atoms with van der Waals surface area (Å²) in [5.41, 5.74) is 0.355. The topological polar surface area (TPSA) is 97.5 Å². The Morgan fingerprint density at radius 2 is 1.67 bits per heavy atom. The van der Waals surface area contributed by atoms with Crippen LogP contribution in [0.1, 0.15) is 36.0 Å². The Balaban J connectivity index is 2.46. The minimum absolute atomic E-state index is 0.0491. The van der Waals surface area contributed by atoms with Crippen molar-refractivity contribution in [3.63, 3.8) is 0 Å². The van der Waals surface area contributed by atoms with Crippen LogP contribution in [-0.2, 0) is 4.79 Å². The Labute approximate surface area is 103 Å². The number of aliphatic carboxylic acids is 1. The van der Waals surface area contributed by atoms with E-state index in [1.54, 1.807) is 0 Å². The molecule has 6 nitrogen and oxygen atoms in total. The summed E-state index contributed by atoms with van der Waals surface area (Å²) in [4.78, 5) is 31.8. The third-order valence-electron chi connectivity index (χ3n) is 2.44. The fraction of sp³-hybridized carbons (Fsp3) is 0.333. The quantitative estimate of drug-likeness (QED) is 0.347. The van der Waals surface area contributed by atoms with Crippen molar-refractivity contribution in [1.82, 2.24) is 0 Å². The number of hydrogen-bond acceptors (Lipinski definition) is 4. The second-order valence-corrected chi connectivity index (χ2v) is 3.83. The monoisotopic (exact) mass is 251 g/mol. The van der Waals surface area contributed by atoms with Crippen molar-refractivity contribution in [3.05, 3.63) is 39.9 Å². The summed E-state index contributed by atoms with van der Waals surface area (Å²) in [6, 6.07) is 5.39. The zero-order valence-electron chi connectivity index (χ0n) is 9.67. The van der Waals surface area contributed by atoms with Gasteiger partial charge in [-0.05, 0) is 25.0 Å². The highest BCUT2D eigenvalue weighted by Gasteiger charge is 2.09. The van der Waals surface area contributed by atoms with Crippen LogP contribution in [0.25, 0.3) is 0 Å². The number of carboxylic acids is 1. The van der Waals surface area contributed by atoms with E-state index in [1.165, 1.54) is 24.3 Å². The van der Waals surface area contributed by atoms with Crippen LogP contribution >= 0.6 is 0 Å². The normalized spacial score (nSPS) is 10.0. The summed E-state index contributed by atoms with van der Waals surface area (Å²) in [6.07, 6.45) is 1.26. The fourth-order valence-electron chi connectivity index (χ4n) is 1.48. The molecule has 0 saturated carbocycles. The zero-order valence-corrected chi connectivity index (χ0v) is 9.67. The van der Waals surface area contributed by atoms with E-state index in [1.807, 2.05) is 0 Å². The molecule has 1 rings (SSSR count). The summed E-state index contributed by atoms with van der Waals surface area (Å²) in [5.74, 6) is -1.01. The average Bonchev–Trinajstić information content (AvgIpc) is 2.34. The van der Waals surface area contributed by atoms with Crippen molar-refractivity contribution in [2.24, 2.45) is 0 Å². The van der Waals surface area contributed by atoms with E-state index in [2.05, 4.69) is 0 Å². The molecule has 6 heteroatoms. The van der Waals surface area contributed by atoms with Crippen LogP contribution in [0.3, 0.4) is 0 Å². The number of unbranched alkanes of at least 4 members (excludes halogenated alkanes) is 1. The maximum Gasteiger partial charge on any atom is 0.303 e. The fourth-order valence-corrected chi connectivity index (χ4v) is 1.48. The summed E-state index contributed by atoms with van der Waals surface area (Å²) >= 11 is 0. The molecule has 0 unspecified atom stereocenters. The first-order valence-electron chi connectivity index (χ1n) is 5.50. The van der Waals surface area contributed by atoms with Crippen molar-refractivity contribution in [2.75, 3.05) is 0 Å². The summed E-state index contributed by atoms with van der Waals surface area (Å²) in [7, 11) is 0. The third kappa shape index (κ3) is 4.32. The molecule has 0 atom stereocenters. The molecule has 0 heterocycles. The second kappa shape index (κ2) is 6.48. The van der Waals surface area contributed by atoms with Crippen molar-refractivity contribution in [2.45, 2.75) is 25.7 Å². The maximum absolute atomic E-state index is 11.7. The number of ketones is 1. The molecule has 0 fully saturated rings. The Hall–Kier alpha value is -2.24. The number of nitro benzene ring substituents is 1. The molecule has 1 aromatic rings. The smallest absolute Gasteiger partial charge is 0.303 e. The van der Waals surface area contributed by atoms with Gasteiger partial charge in [-0.3, -0.25) is 19.7 Å². The lowest BCUT2D eigenvalue weighted by molar-refractivity contribution is -0.384. The number of hydrogen-bond donors (Lipinski definition) is 1. The van der Waals surface area contributed by atoms with Crippen molar-refractivity contribution in [1.29, 1.82) is 0 Å². The van der Waals surface area contributed by atoms with Gasteiger partial charge in [-0.1, -0.05) is 0 Å². The first-order chi connectivity index (χ1) is 8.50. The second-order valence-electron chi connectivity index (χ2n) is 3.83. The molecule has 0 spiro atoms. The molecule has 0 aliphatic heterocycles. The van der Waals surface area contributed by atoms with Crippen LogP contribution in [0.2, 0.25) is 0 Å². The van der Waals surface area contributed by atoms with Gasteiger partial charge in [0.05, 0.1) is 4.92 Å². The number of carbonyl (C=O) groups is 2. The van der Waals surface area contributed by atoms with Gasteiger partial charge in [0, 0.05) is 30.5 Å². The SMILES string of the molecule is O=C(O)CCCCC(=O)c1ccc([N+](=O)[O-])cc1. The number of carbonyl (C=O) groups excluding carboxylic acids is 1. The number of nitro groups is 1. The predicted molar refractivity (Wildman–Crippen MR) is 63.5 cm³/mol. The number of Topliss-reactive ketones (excluding diaryl/α,β-unsaturated/α-hetero) is 1. The van der Waals surface area contributed by atoms with Gasteiger partial charge < -0.3 is 5.11 Å². The highest BCUT2D eigenvalue weighted by Crippen LogP contribution is 2.14. The predicted octanol–water partition coefficient (Wildman–Crippen LogP) is 2.42. The van der Waals surface area contributed by atoms with Gasteiger partial charge in [-0.15, -0.1) is 0 Å². The van der Waals surface area contributed by atoms with Gasteiger partial charge >= 0.3 is 5.97 Å². The molecule has 1 N–H and O–H groups in total. The molecule has 0 aliphatic carbocycles. The van der Waals surface area contributed by atoms with Gasteiger partial charge in [0.25, 0.3) is 5.69 Å². The van der Waals surface area contributed by atoms with Crippen LogP contribution < -0.4 is 0 Å². The van der Waals surface area contributed by atoms with Gasteiger partial charge in [0.1, 0.15) is 0 Å². The largest absolute Gasteiger partial charge is 0.481 e. The summed E-state index contributed by atoms with van der Waals surface area (Å²) in [6.45, 7) is 0. The first-order valence-corrected chi connectivity index (χ1v) is 5.50. The molecular formula is C12H13NO5.